The molecule has 1 aromatic carbocycles. The lowest BCUT2D eigenvalue weighted by molar-refractivity contribution is -0.116. The Hall–Kier alpha value is -2.08. The summed E-state index contributed by atoms with van der Waals surface area (Å²) in [5.74, 6) is 1.36. The largest absolute Gasteiger partial charge is 0.298 e. The summed E-state index contributed by atoms with van der Waals surface area (Å²) >= 11 is 1.47. The summed E-state index contributed by atoms with van der Waals surface area (Å²) < 4.78 is 0. The highest BCUT2D eigenvalue weighted by Crippen LogP contribution is 2.52. The normalized spacial score (nSPS) is 32.1. The van der Waals surface area contributed by atoms with Crippen LogP contribution in [-0.2, 0) is 4.79 Å². The molecule has 0 aromatic heterocycles. The maximum Gasteiger partial charge on any atom is 0.276 e. The summed E-state index contributed by atoms with van der Waals surface area (Å²) in [5.41, 5.74) is 2.59. The first-order valence-electron chi connectivity index (χ1n) is 11.0. The number of amidine groups is 1. The number of allylic oxidation sites excluding steroid dienone is 2. The van der Waals surface area contributed by atoms with Crippen molar-refractivity contribution in [2.45, 2.75) is 52.6 Å². The monoisotopic (exact) mass is 422 g/mol. The van der Waals surface area contributed by atoms with E-state index in [4.69, 9.17) is 10.1 Å². The number of carbonyl (C=O) groups is 1. The molecule has 1 fully saturated rings. The van der Waals surface area contributed by atoms with Crippen LogP contribution in [0.25, 0.3) is 5.70 Å². The van der Waals surface area contributed by atoms with E-state index in [0.29, 0.717) is 34.0 Å². The van der Waals surface area contributed by atoms with Gasteiger partial charge >= 0.3 is 0 Å². The molecule has 4 aliphatic rings. The Morgan fingerprint density at radius 3 is 2.87 bits per heavy atom. The molecule has 6 heteroatoms. The van der Waals surface area contributed by atoms with Gasteiger partial charge in [0.05, 0.1) is 5.36 Å². The predicted octanol–water partition coefficient (Wildman–Crippen LogP) is 3.23. The van der Waals surface area contributed by atoms with Gasteiger partial charge in [-0.2, -0.15) is 0 Å². The number of rotatable bonds is 1. The Bertz CT molecular complexity index is 1070. The van der Waals surface area contributed by atoms with Crippen molar-refractivity contribution in [1.29, 1.82) is 0 Å². The third kappa shape index (κ3) is 3.11. The van der Waals surface area contributed by atoms with Crippen molar-refractivity contribution >= 4 is 28.5 Å². The van der Waals surface area contributed by atoms with Crippen LogP contribution in [0, 0.1) is 23.2 Å². The first-order chi connectivity index (χ1) is 14.4. The highest BCUT2D eigenvalue weighted by atomic mass is 32.2. The first kappa shape index (κ1) is 19.9. The molecule has 5 rings (SSSR count). The second-order valence-electron chi connectivity index (χ2n) is 9.76. The Kier molecular flexibility index (Phi) is 4.80. The second-order valence-corrected chi connectivity index (χ2v) is 10.6. The molecule has 2 aliphatic heterocycles. The van der Waals surface area contributed by atoms with Crippen LogP contribution in [0.5, 0.6) is 0 Å². The lowest BCUT2D eigenvalue weighted by Gasteiger charge is -2.49. The number of hydrogen-bond donors (Lipinski definition) is 1. The smallest absolute Gasteiger partial charge is 0.276 e. The fourth-order valence-electron chi connectivity index (χ4n) is 5.81. The zero-order chi connectivity index (χ0) is 21.0. The topological polar surface area (TPSA) is 57.1 Å². The summed E-state index contributed by atoms with van der Waals surface area (Å²) in [6.07, 6.45) is 8.96. The van der Waals surface area contributed by atoms with Crippen LogP contribution in [-0.4, -0.2) is 28.5 Å². The number of nitrogens with one attached hydrogen (secondary N) is 1. The molecule has 1 saturated carbocycles. The van der Waals surface area contributed by atoms with Gasteiger partial charge in [-0.25, -0.2) is 5.01 Å². The van der Waals surface area contributed by atoms with E-state index >= 15 is 0 Å². The molecule has 0 spiro atoms. The fraction of sp³-hybridized carbons (Fsp3) is 0.542. The molecule has 30 heavy (non-hydrogen) atoms. The zero-order valence-corrected chi connectivity index (χ0v) is 19.0. The van der Waals surface area contributed by atoms with Gasteiger partial charge in [0.25, 0.3) is 5.91 Å². The number of hydrogen-bond acceptors (Lipinski definition) is 5. The number of para-hydroxylation sites is 1. The van der Waals surface area contributed by atoms with Crippen LogP contribution in [0.1, 0.15) is 46.5 Å². The lowest BCUT2D eigenvalue weighted by atomic mass is 9.58. The Morgan fingerprint density at radius 1 is 1.27 bits per heavy atom. The van der Waals surface area contributed by atoms with Gasteiger partial charge in [0.2, 0.25) is 0 Å². The minimum atomic E-state index is -0.141. The molecule has 1 aromatic rings. The van der Waals surface area contributed by atoms with Crippen LogP contribution in [0.2, 0.25) is 0 Å². The molecule has 2 heterocycles. The SMILES string of the molecule is CSC1=NN2C(=c3ccccc3=N[C@@H]2[C@@H]2C[C@H]3C(=CCCC3(C)C)C[C@H]2C)C(=O)N1. The van der Waals surface area contributed by atoms with Gasteiger partial charge in [-0.3, -0.25) is 15.1 Å². The summed E-state index contributed by atoms with van der Waals surface area (Å²) in [6, 6.07) is 7.97. The van der Waals surface area contributed by atoms with Crippen molar-refractivity contribution in [2.24, 2.45) is 33.3 Å². The third-order valence-corrected chi connectivity index (χ3v) is 8.07. The Morgan fingerprint density at radius 2 is 2.07 bits per heavy atom. The average molecular weight is 423 g/mol. The van der Waals surface area contributed by atoms with Crippen LogP contribution >= 0.6 is 11.8 Å². The quantitative estimate of drug-likeness (QED) is 0.707. The Labute approximate surface area is 182 Å². The molecule has 158 valence electrons. The zero-order valence-electron chi connectivity index (χ0n) is 18.2. The first-order valence-corrected chi connectivity index (χ1v) is 12.2. The second kappa shape index (κ2) is 7.26. The van der Waals surface area contributed by atoms with Crippen molar-refractivity contribution in [3.63, 3.8) is 0 Å². The highest BCUT2D eigenvalue weighted by Gasteiger charge is 2.46. The van der Waals surface area contributed by atoms with Crippen molar-refractivity contribution in [3.8, 4) is 0 Å². The maximum atomic E-state index is 13.1. The standard InChI is InChI=1S/C24H30N4OS/c1-14-12-15-8-7-11-24(2,3)18(15)13-17(14)21-25-19-10-6-5-9-16(19)20-22(29)26-23(30-4)27-28(20)21/h5-6,8-10,14,17-18,21H,7,11-13H2,1-4H3,(H,26,27,29)/t14-,17-,18+,21+/m1/s1. The molecule has 0 saturated heterocycles. The minimum Gasteiger partial charge on any atom is -0.298 e. The molecule has 0 bridgehead atoms. The molecule has 5 nitrogen and oxygen atoms in total. The molecule has 4 atom stereocenters. The van der Waals surface area contributed by atoms with E-state index in [9.17, 15) is 4.79 Å². The molecular weight excluding hydrogens is 392 g/mol. The number of hydrazone groups is 1. The number of thioether (sulfide) groups is 1. The van der Waals surface area contributed by atoms with Gasteiger partial charge in [0, 0.05) is 11.1 Å². The van der Waals surface area contributed by atoms with Crippen LogP contribution in [0.4, 0.5) is 0 Å². The molecule has 2 aliphatic carbocycles. The van der Waals surface area contributed by atoms with Crippen molar-refractivity contribution < 1.29 is 4.79 Å². The average Bonchev–Trinajstić information content (AvgIpc) is 2.72. The highest BCUT2D eigenvalue weighted by molar-refractivity contribution is 8.13. The summed E-state index contributed by atoms with van der Waals surface area (Å²) in [5, 5.41) is 12.1. The third-order valence-electron chi connectivity index (χ3n) is 7.50. The number of carbonyl (C=O) groups excluding carboxylic acids is 1. The summed E-state index contributed by atoms with van der Waals surface area (Å²) in [6.45, 7) is 7.18. The van der Waals surface area contributed by atoms with E-state index in [1.54, 1.807) is 5.57 Å². The number of benzene rings is 1. The van der Waals surface area contributed by atoms with E-state index in [1.165, 1.54) is 24.6 Å². The van der Waals surface area contributed by atoms with Gasteiger partial charge in [0.1, 0.15) is 11.9 Å². The number of fused-ring (bicyclic) bond motifs is 3. The van der Waals surface area contributed by atoms with E-state index in [-0.39, 0.29) is 12.1 Å². The molecule has 0 radical (unpaired) electrons. The van der Waals surface area contributed by atoms with E-state index < -0.39 is 0 Å². The van der Waals surface area contributed by atoms with Crippen molar-refractivity contribution in [1.82, 2.24) is 10.3 Å². The van der Waals surface area contributed by atoms with Crippen molar-refractivity contribution in [2.75, 3.05) is 6.26 Å². The number of amides is 1. The van der Waals surface area contributed by atoms with Crippen LogP contribution < -0.4 is 15.9 Å². The van der Waals surface area contributed by atoms with Gasteiger partial charge in [-0.1, -0.05) is 62.4 Å². The van der Waals surface area contributed by atoms with E-state index in [0.717, 1.165) is 23.4 Å². The molecule has 1 amide bonds. The lowest BCUT2D eigenvalue weighted by Crippen LogP contribution is -2.56. The summed E-state index contributed by atoms with van der Waals surface area (Å²) in [4.78, 5) is 18.2. The predicted molar refractivity (Wildman–Crippen MR) is 122 cm³/mol. The van der Waals surface area contributed by atoms with Crippen molar-refractivity contribution in [3.05, 3.63) is 46.5 Å². The van der Waals surface area contributed by atoms with Gasteiger partial charge in [-0.05, 0) is 55.3 Å². The van der Waals surface area contributed by atoms with E-state index in [1.807, 2.05) is 35.5 Å². The molecule has 0 unspecified atom stereocenters. The summed E-state index contributed by atoms with van der Waals surface area (Å²) in [7, 11) is 0. The van der Waals surface area contributed by atoms with Gasteiger partial charge in [-0.15, -0.1) is 5.10 Å². The Balaban J connectivity index is 1.62. The molecule has 1 N–H and O–H groups in total. The van der Waals surface area contributed by atoms with Gasteiger partial charge < -0.3 is 0 Å². The van der Waals surface area contributed by atoms with Crippen LogP contribution in [0.15, 0.2) is 46.0 Å². The number of nitrogens with zero attached hydrogens (tertiary/aromatic N) is 3. The van der Waals surface area contributed by atoms with Crippen LogP contribution in [0.3, 0.4) is 0 Å². The maximum absolute atomic E-state index is 13.1. The minimum absolute atomic E-state index is 0.0799. The molecular formula is C24H30N4OS. The fourth-order valence-corrected chi connectivity index (χ4v) is 6.17. The van der Waals surface area contributed by atoms with Gasteiger partial charge in [0.15, 0.2) is 5.17 Å². The van der Waals surface area contributed by atoms with E-state index in [2.05, 4.69) is 32.2 Å².